The first-order chi connectivity index (χ1) is 11.7. The number of ether oxygens (including phenoxy) is 2. The molecule has 0 spiro atoms. The van der Waals surface area contributed by atoms with Crippen LogP contribution in [0.25, 0.3) is 0 Å². The summed E-state index contributed by atoms with van der Waals surface area (Å²) in [5.41, 5.74) is -1.01. The van der Waals surface area contributed by atoms with Crippen LogP contribution in [0.2, 0.25) is 10.0 Å². The number of rotatable bonds is 6. The van der Waals surface area contributed by atoms with Crippen molar-refractivity contribution in [2.75, 3.05) is 6.61 Å². The summed E-state index contributed by atoms with van der Waals surface area (Å²) < 4.78 is 48.8. The van der Waals surface area contributed by atoms with Crippen LogP contribution in [0.15, 0.2) is 42.5 Å². The van der Waals surface area contributed by atoms with Crippen LogP contribution in [0.3, 0.4) is 0 Å². The highest BCUT2D eigenvalue weighted by atomic mass is 35.5. The van der Waals surface area contributed by atoms with Crippen molar-refractivity contribution in [3.63, 3.8) is 0 Å². The van der Waals surface area contributed by atoms with Gasteiger partial charge in [0.1, 0.15) is 12.4 Å². The number of alkyl halides is 3. The van der Waals surface area contributed by atoms with E-state index in [1.807, 2.05) is 0 Å². The number of halogens is 6. The van der Waals surface area contributed by atoms with E-state index in [4.69, 9.17) is 44.3 Å². The minimum atomic E-state index is -4.60. The molecule has 0 bridgehead atoms. The second-order valence-corrected chi connectivity index (χ2v) is 5.99. The van der Waals surface area contributed by atoms with Crippen molar-refractivity contribution in [3.05, 3.63) is 58.1 Å². The first-order valence-corrected chi connectivity index (χ1v) is 7.92. The molecule has 1 unspecified atom stereocenters. The fraction of sp³-hybridized carbons (Fsp3) is 0.188. The molecule has 0 saturated heterocycles. The standard InChI is InChI=1S/C16H10Cl3F3O3/c17-11-6-9(16(20,21)22)7-12(18)14(11)24-8-13(15(19)23)25-10-4-2-1-3-5-10/h1-7,13H,8H2. The van der Waals surface area contributed by atoms with E-state index >= 15 is 0 Å². The predicted octanol–water partition coefficient (Wildman–Crippen LogP) is 5.60. The molecule has 2 aromatic carbocycles. The number of carbonyl (C=O) groups excluding carboxylic acids is 1. The van der Waals surface area contributed by atoms with Gasteiger partial charge in [-0.3, -0.25) is 4.79 Å². The molecule has 0 radical (unpaired) electrons. The summed E-state index contributed by atoms with van der Waals surface area (Å²) in [6.45, 7) is -0.387. The van der Waals surface area contributed by atoms with Gasteiger partial charge in [0.2, 0.25) is 6.10 Å². The zero-order valence-corrected chi connectivity index (χ0v) is 14.6. The zero-order valence-electron chi connectivity index (χ0n) is 12.3. The number of para-hydroxylation sites is 1. The van der Waals surface area contributed by atoms with E-state index < -0.39 is 23.1 Å². The zero-order chi connectivity index (χ0) is 18.6. The monoisotopic (exact) mass is 412 g/mol. The van der Waals surface area contributed by atoms with Crippen molar-refractivity contribution in [2.24, 2.45) is 0 Å². The lowest BCUT2D eigenvalue weighted by Gasteiger charge is -2.18. The van der Waals surface area contributed by atoms with Gasteiger partial charge in [0.25, 0.3) is 5.24 Å². The minimum Gasteiger partial charge on any atom is -0.486 e. The van der Waals surface area contributed by atoms with Gasteiger partial charge >= 0.3 is 6.18 Å². The van der Waals surface area contributed by atoms with Gasteiger partial charge in [-0.05, 0) is 35.9 Å². The maximum Gasteiger partial charge on any atom is 0.416 e. The Hall–Kier alpha value is -1.63. The molecule has 9 heteroatoms. The van der Waals surface area contributed by atoms with Crippen molar-refractivity contribution in [1.29, 1.82) is 0 Å². The summed E-state index contributed by atoms with van der Waals surface area (Å²) in [6, 6.07) is 9.69. The molecule has 0 fully saturated rings. The molecular weight excluding hydrogens is 404 g/mol. The van der Waals surface area contributed by atoms with Gasteiger partial charge in [0, 0.05) is 0 Å². The van der Waals surface area contributed by atoms with Gasteiger partial charge in [-0.25, -0.2) is 0 Å². The molecule has 0 aliphatic heterocycles. The molecule has 3 nitrogen and oxygen atoms in total. The number of carbonyl (C=O) groups is 1. The van der Waals surface area contributed by atoms with E-state index in [9.17, 15) is 18.0 Å². The predicted molar refractivity (Wildman–Crippen MR) is 88.7 cm³/mol. The Labute approximate surface area is 156 Å². The van der Waals surface area contributed by atoms with E-state index in [-0.39, 0.29) is 22.4 Å². The lowest BCUT2D eigenvalue weighted by atomic mass is 10.2. The van der Waals surface area contributed by atoms with Crippen LogP contribution in [0.4, 0.5) is 13.2 Å². The number of hydrogen-bond donors (Lipinski definition) is 0. The highest BCUT2D eigenvalue weighted by Gasteiger charge is 2.32. The Balaban J connectivity index is 2.14. The molecule has 0 aliphatic carbocycles. The van der Waals surface area contributed by atoms with Crippen molar-refractivity contribution >= 4 is 40.0 Å². The maximum absolute atomic E-state index is 12.7. The van der Waals surface area contributed by atoms with Crippen molar-refractivity contribution in [2.45, 2.75) is 12.3 Å². The summed E-state index contributed by atoms with van der Waals surface area (Å²) in [5, 5.41) is -1.54. The van der Waals surface area contributed by atoms with E-state index in [0.717, 1.165) is 0 Å². The lowest BCUT2D eigenvalue weighted by Crippen LogP contribution is -2.30. The molecule has 1 atom stereocenters. The second-order valence-electron chi connectivity index (χ2n) is 4.80. The van der Waals surface area contributed by atoms with E-state index in [2.05, 4.69) is 0 Å². The third kappa shape index (κ3) is 5.42. The Morgan fingerprint density at radius 3 is 2.12 bits per heavy atom. The summed E-state index contributed by atoms with van der Waals surface area (Å²) in [5.74, 6) is 0.172. The minimum absolute atomic E-state index is 0.198. The molecule has 2 aromatic rings. The van der Waals surface area contributed by atoms with E-state index in [1.165, 1.54) is 0 Å². The van der Waals surface area contributed by atoms with Crippen LogP contribution in [0.1, 0.15) is 5.56 Å². The van der Waals surface area contributed by atoms with E-state index in [0.29, 0.717) is 17.9 Å². The number of hydrogen-bond acceptors (Lipinski definition) is 3. The molecule has 2 rings (SSSR count). The van der Waals surface area contributed by atoms with Crippen molar-refractivity contribution in [3.8, 4) is 11.5 Å². The van der Waals surface area contributed by atoms with Gasteiger partial charge in [0.15, 0.2) is 5.75 Å². The van der Waals surface area contributed by atoms with E-state index in [1.54, 1.807) is 30.3 Å². The normalized spacial score (nSPS) is 12.6. The summed E-state index contributed by atoms with van der Waals surface area (Å²) in [4.78, 5) is 11.5. The molecule has 25 heavy (non-hydrogen) atoms. The molecule has 0 saturated carbocycles. The summed E-state index contributed by atoms with van der Waals surface area (Å²) in [6.07, 6.45) is -5.80. The average molecular weight is 414 g/mol. The SMILES string of the molecule is O=C(Cl)C(COc1c(Cl)cc(C(F)(F)F)cc1Cl)Oc1ccccc1. The third-order valence-corrected chi connectivity index (χ3v) is 3.78. The highest BCUT2D eigenvalue weighted by molar-refractivity contribution is 6.64. The van der Waals surface area contributed by atoms with Gasteiger partial charge in [0.05, 0.1) is 15.6 Å². The fourth-order valence-corrected chi connectivity index (χ4v) is 2.53. The first kappa shape index (κ1) is 19.7. The first-order valence-electron chi connectivity index (χ1n) is 6.78. The second kappa shape index (κ2) is 8.17. The Bertz CT molecular complexity index is 728. The molecule has 0 heterocycles. The molecule has 134 valence electrons. The molecule has 0 N–H and O–H groups in total. The largest absolute Gasteiger partial charge is 0.486 e. The van der Waals surface area contributed by atoms with Gasteiger partial charge < -0.3 is 9.47 Å². The Morgan fingerprint density at radius 1 is 1.08 bits per heavy atom. The smallest absolute Gasteiger partial charge is 0.416 e. The van der Waals surface area contributed by atoms with Crippen molar-refractivity contribution < 1.29 is 27.4 Å². The number of benzene rings is 2. The van der Waals surface area contributed by atoms with Crippen LogP contribution >= 0.6 is 34.8 Å². The van der Waals surface area contributed by atoms with Crippen molar-refractivity contribution in [1.82, 2.24) is 0 Å². The van der Waals surface area contributed by atoms with Gasteiger partial charge in [-0.15, -0.1) is 0 Å². The average Bonchev–Trinajstić information content (AvgIpc) is 2.52. The van der Waals surface area contributed by atoms with Crippen LogP contribution < -0.4 is 9.47 Å². The van der Waals surface area contributed by atoms with Gasteiger partial charge in [-0.2, -0.15) is 13.2 Å². The quantitative estimate of drug-likeness (QED) is 0.578. The van der Waals surface area contributed by atoms with Crippen LogP contribution in [-0.2, 0) is 11.0 Å². The topological polar surface area (TPSA) is 35.5 Å². The molecule has 0 aliphatic rings. The highest BCUT2D eigenvalue weighted by Crippen LogP contribution is 2.40. The van der Waals surface area contributed by atoms with Gasteiger partial charge in [-0.1, -0.05) is 41.4 Å². The summed E-state index contributed by atoms with van der Waals surface area (Å²) >= 11 is 17.1. The molecular formula is C16H10Cl3F3O3. The fourth-order valence-electron chi connectivity index (χ4n) is 1.83. The molecule has 0 amide bonds. The Morgan fingerprint density at radius 2 is 1.64 bits per heavy atom. The van der Waals surface area contributed by atoms with Crippen LogP contribution in [0.5, 0.6) is 11.5 Å². The summed E-state index contributed by atoms with van der Waals surface area (Å²) in [7, 11) is 0. The maximum atomic E-state index is 12.7. The van der Waals surface area contributed by atoms with Crippen LogP contribution in [-0.4, -0.2) is 18.0 Å². The molecule has 0 aromatic heterocycles. The third-order valence-electron chi connectivity index (χ3n) is 2.98. The lowest BCUT2D eigenvalue weighted by molar-refractivity contribution is -0.137. The Kier molecular flexibility index (Phi) is 6.43. The van der Waals surface area contributed by atoms with Crippen LogP contribution in [0, 0.1) is 0 Å².